The predicted octanol–water partition coefficient (Wildman–Crippen LogP) is 3.85. The van der Waals surface area contributed by atoms with Crippen molar-refractivity contribution < 1.29 is 4.79 Å². The van der Waals surface area contributed by atoms with Gasteiger partial charge in [-0.3, -0.25) is 4.79 Å². The van der Waals surface area contributed by atoms with Gasteiger partial charge in [-0.15, -0.1) is 0 Å². The number of amides is 1. The Morgan fingerprint density at radius 2 is 1.74 bits per heavy atom. The first kappa shape index (κ1) is 17.1. The Morgan fingerprint density at radius 3 is 2.48 bits per heavy atom. The van der Waals surface area contributed by atoms with Crippen molar-refractivity contribution in [1.82, 2.24) is 5.32 Å². The van der Waals surface area contributed by atoms with Crippen molar-refractivity contribution in [1.29, 1.82) is 0 Å². The highest BCUT2D eigenvalue weighted by Gasteiger charge is 2.01. The van der Waals surface area contributed by atoms with Gasteiger partial charge in [0, 0.05) is 25.2 Å². The number of rotatable bonds is 8. The van der Waals surface area contributed by atoms with Gasteiger partial charge in [-0.2, -0.15) is 0 Å². The molecule has 0 heterocycles. The molecule has 0 aliphatic heterocycles. The topological polar surface area (TPSA) is 41.1 Å². The van der Waals surface area contributed by atoms with E-state index in [0.29, 0.717) is 13.0 Å². The second-order valence-electron chi connectivity index (χ2n) is 5.91. The minimum absolute atomic E-state index is 0.106. The fraction of sp³-hybridized carbons (Fsp3) is 0.350. The number of hydrogen-bond donors (Lipinski definition) is 2. The van der Waals surface area contributed by atoms with Crippen LogP contribution < -0.4 is 10.6 Å². The summed E-state index contributed by atoms with van der Waals surface area (Å²) < 4.78 is 0. The Hall–Kier alpha value is -2.29. The lowest BCUT2D eigenvalue weighted by molar-refractivity contribution is -0.120. The van der Waals surface area contributed by atoms with Gasteiger partial charge in [0.25, 0.3) is 0 Å². The van der Waals surface area contributed by atoms with E-state index in [1.54, 1.807) is 0 Å². The molecule has 2 N–H and O–H groups in total. The maximum Gasteiger partial charge on any atom is 0.221 e. The van der Waals surface area contributed by atoms with Gasteiger partial charge in [0.05, 0.1) is 0 Å². The maximum absolute atomic E-state index is 11.8. The van der Waals surface area contributed by atoms with Crippen molar-refractivity contribution in [3.63, 3.8) is 0 Å². The highest BCUT2D eigenvalue weighted by Crippen LogP contribution is 2.13. The molecular formula is C20H26N2O. The molecule has 0 aliphatic rings. The van der Waals surface area contributed by atoms with E-state index in [2.05, 4.69) is 54.8 Å². The first-order valence-electron chi connectivity index (χ1n) is 8.27. The molecular weight excluding hydrogens is 284 g/mol. The van der Waals surface area contributed by atoms with Crippen LogP contribution in [-0.2, 0) is 11.2 Å². The molecule has 23 heavy (non-hydrogen) atoms. The molecule has 1 amide bonds. The van der Waals surface area contributed by atoms with Crippen LogP contribution in [0.4, 0.5) is 5.69 Å². The van der Waals surface area contributed by atoms with Crippen molar-refractivity contribution >= 4 is 11.6 Å². The summed E-state index contributed by atoms with van der Waals surface area (Å²) in [7, 11) is 0. The van der Waals surface area contributed by atoms with Crippen molar-refractivity contribution in [2.75, 3.05) is 18.4 Å². The molecule has 0 atom stereocenters. The van der Waals surface area contributed by atoms with Crippen LogP contribution in [-0.4, -0.2) is 19.0 Å². The molecule has 0 saturated heterocycles. The normalized spacial score (nSPS) is 10.3. The number of hydrogen-bond acceptors (Lipinski definition) is 2. The van der Waals surface area contributed by atoms with E-state index in [-0.39, 0.29) is 5.91 Å². The fourth-order valence-corrected chi connectivity index (χ4v) is 2.43. The van der Waals surface area contributed by atoms with Crippen LogP contribution in [0.15, 0.2) is 48.5 Å². The van der Waals surface area contributed by atoms with Crippen LogP contribution in [0.25, 0.3) is 0 Å². The van der Waals surface area contributed by atoms with Gasteiger partial charge in [-0.1, -0.05) is 36.4 Å². The Bertz CT molecular complexity index is 623. The lowest BCUT2D eigenvalue weighted by Crippen LogP contribution is -2.26. The summed E-state index contributed by atoms with van der Waals surface area (Å²) in [5.74, 6) is 0.106. The van der Waals surface area contributed by atoms with Crippen molar-refractivity contribution in [2.45, 2.75) is 33.1 Å². The number of nitrogens with one attached hydrogen (secondary N) is 2. The molecule has 0 aromatic heterocycles. The lowest BCUT2D eigenvalue weighted by Gasteiger charge is -2.09. The smallest absolute Gasteiger partial charge is 0.221 e. The molecule has 0 spiro atoms. The highest BCUT2D eigenvalue weighted by atomic mass is 16.1. The first-order valence-corrected chi connectivity index (χ1v) is 8.27. The van der Waals surface area contributed by atoms with Crippen LogP contribution in [0.2, 0.25) is 0 Å². The first-order chi connectivity index (χ1) is 11.1. The number of carbonyl (C=O) groups is 1. The number of anilines is 1. The quantitative estimate of drug-likeness (QED) is 0.727. The van der Waals surface area contributed by atoms with E-state index >= 15 is 0 Å². The molecule has 0 bridgehead atoms. The van der Waals surface area contributed by atoms with E-state index in [0.717, 1.165) is 25.1 Å². The summed E-state index contributed by atoms with van der Waals surface area (Å²) in [6.45, 7) is 5.59. The minimum Gasteiger partial charge on any atom is -0.385 e. The SMILES string of the molecule is Cc1ccc(NCCC(=O)NCCCc2ccccc2)cc1C. The van der Waals surface area contributed by atoms with E-state index in [4.69, 9.17) is 0 Å². The monoisotopic (exact) mass is 310 g/mol. The Balaban J connectivity index is 1.59. The second kappa shape index (κ2) is 8.99. The van der Waals surface area contributed by atoms with Crippen LogP contribution in [0.3, 0.4) is 0 Å². The van der Waals surface area contributed by atoms with Crippen LogP contribution >= 0.6 is 0 Å². The zero-order chi connectivity index (χ0) is 16.5. The van der Waals surface area contributed by atoms with E-state index in [1.807, 2.05) is 18.2 Å². The van der Waals surface area contributed by atoms with Crippen molar-refractivity contribution in [2.24, 2.45) is 0 Å². The minimum atomic E-state index is 0.106. The van der Waals surface area contributed by atoms with Crippen LogP contribution in [0.1, 0.15) is 29.5 Å². The molecule has 2 rings (SSSR count). The van der Waals surface area contributed by atoms with Gasteiger partial charge in [0.2, 0.25) is 5.91 Å². The summed E-state index contributed by atoms with van der Waals surface area (Å²) in [4.78, 5) is 11.8. The third kappa shape index (κ3) is 6.15. The molecule has 0 radical (unpaired) electrons. The average molecular weight is 310 g/mol. The number of benzene rings is 2. The van der Waals surface area contributed by atoms with E-state index in [1.165, 1.54) is 16.7 Å². The summed E-state index contributed by atoms with van der Waals surface area (Å²) >= 11 is 0. The lowest BCUT2D eigenvalue weighted by atomic mass is 10.1. The standard InChI is InChI=1S/C20H26N2O/c1-16-10-11-19(15-17(16)2)21-14-12-20(23)22-13-6-9-18-7-4-3-5-8-18/h3-5,7-8,10-11,15,21H,6,9,12-14H2,1-2H3,(H,22,23). The highest BCUT2D eigenvalue weighted by molar-refractivity contribution is 5.76. The summed E-state index contributed by atoms with van der Waals surface area (Å²) in [6.07, 6.45) is 2.47. The largest absolute Gasteiger partial charge is 0.385 e. The number of carbonyl (C=O) groups excluding carboxylic acids is 1. The maximum atomic E-state index is 11.8. The van der Waals surface area contributed by atoms with Gasteiger partial charge in [-0.25, -0.2) is 0 Å². The van der Waals surface area contributed by atoms with Crippen molar-refractivity contribution in [3.05, 3.63) is 65.2 Å². The third-order valence-electron chi connectivity index (χ3n) is 4.00. The zero-order valence-corrected chi connectivity index (χ0v) is 14.1. The average Bonchev–Trinajstić information content (AvgIpc) is 2.56. The molecule has 0 aliphatic carbocycles. The second-order valence-corrected chi connectivity index (χ2v) is 5.91. The molecule has 2 aromatic rings. The van der Waals surface area contributed by atoms with Crippen LogP contribution in [0.5, 0.6) is 0 Å². The summed E-state index contributed by atoms with van der Waals surface area (Å²) in [5.41, 5.74) is 4.94. The van der Waals surface area contributed by atoms with Crippen molar-refractivity contribution in [3.8, 4) is 0 Å². The molecule has 0 saturated carbocycles. The molecule has 3 nitrogen and oxygen atoms in total. The molecule has 2 aromatic carbocycles. The Morgan fingerprint density at radius 1 is 0.957 bits per heavy atom. The molecule has 122 valence electrons. The Kier molecular flexibility index (Phi) is 6.67. The predicted molar refractivity (Wildman–Crippen MR) is 96.8 cm³/mol. The Labute approximate surface area is 139 Å². The summed E-state index contributed by atoms with van der Waals surface area (Å²) in [5, 5.41) is 6.28. The summed E-state index contributed by atoms with van der Waals surface area (Å²) in [6, 6.07) is 16.6. The van der Waals surface area contributed by atoms with Gasteiger partial charge in [0.15, 0.2) is 0 Å². The zero-order valence-electron chi connectivity index (χ0n) is 14.1. The number of aryl methyl sites for hydroxylation is 3. The van der Waals surface area contributed by atoms with Gasteiger partial charge in [0.1, 0.15) is 0 Å². The molecule has 0 fully saturated rings. The van der Waals surface area contributed by atoms with Gasteiger partial charge in [-0.05, 0) is 55.5 Å². The van der Waals surface area contributed by atoms with E-state index < -0.39 is 0 Å². The molecule has 0 unspecified atom stereocenters. The third-order valence-corrected chi connectivity index (χ3v) is 4.00. The van der Waals surface area contributed by atoms with Gasteiger partial charge < -0.3 is 10.6 Å². The van der Waals surface area contributed by atoms with Gasteiger partial charge >= 0.3 is 0 Å². The van der Waals surface area contributed by atoms with E-state index in [9.17, 15) is 4.79 Å². The molecule has 3 heteroatoms. The van der Waals surface area contributed by atoms with Crippen LogP contribution in [0, 0.1) is 13.8 Å². The fourth-order valence-electron chi connectivity index (χ4n) is 2.43.